The molecule has 2 aromatic carbocycles. The van der Waals surface area contributed by atoms with Crippen molar-refractivity contribution in [3.8, 4) is 23.0 Å². The van der Waals surface area contributed by atoms with Gasteiger partial charge in [0, 0.05) is 17.5 Å². The summed E-state index contributed by atoms with van der Waals surface area (Å²) in [5.41, 5.74) is -0.388. The first-order valence-corrected chi connectivity index (χ1v) is 13.1. The van der Waals surface area contributed by atoms with E-state index in [1.807, 2.05) is 20.8 Å². The summed E-state index contributed by atoms with van der Waals surface area (Å²) in [6.07, 6.45) is 5.11. The number of fused-ring (bicyclic) bond motifs is 1. The van der Waals surface area contributed by atoms with Crippen molar-refractivity contribution in [1.82, 2.24) is 5.32 Å². The molecule has 1 aromatic heterocycles. The summed E-state index contributed by atoms with van der Waals surface area (Å²) in [4.78, 5) is 38.3. The van der Waals surface area contributed by atoms with Crippen LogP contribution in [0.1, 0.15) is 73.6 Å². The number of amides is 1. The van der Waals surface area contributed by atoms with E-state index in [-0.39, 0.29) is 28.5 Å². The summed E-state index contributed by atoms with van der Waals surface area (Å²) in [6, 6.07) is 9.30. The molecular formula is C29H33NO8. The number of carbonyl (C=O) groups is 2. The molecule has 4 rings (SSSR count). The van der Waals surface area contributed by atoms with Gasteiger partial charge in [-0.05, 0) is 63.9 Å². The van der Waals surface area contributed by atoms with Crippen LogP contribution >= 0.6 is 0 Å². The van der Waals surface area contributed by atoms with Crippen LogP contribution < -0.4 is 29.9 Å². The van der Waals surface area contributed by atoms with Crippen LogP contribution in [-0.2, 0) is 0 Å². The second kappa shape index (κ2) is 12.5. The molecule has 1 aliphatic rings. The summed E-state index contributed by atoms with van der Waals surface area (Å²) in [6.45, 7) is 6.64. The molecule has 9 nitrogen and oxygen atoms in total. The second-order valence-electron chi connectivity index (χ2n) is 8.95. The summed E-state index contributed by atoms with van der Waals surface area (Å²) in [5.74, 6) is 0.249. The summed E-state index contributed by atoms with van der Waals surface area (Å²) in [5, 5.41) is 3.48. The number of hydrogen-bond acceptors (Lipinski definition) is 8. The maximum absolute atomic E-state index is 13.0. The molecule has 1 N–H and O–H groups in total. The summed E-state index contributed by atoms with van der Waals surface area (Å²) < 4.78 is 28.0. The minimum absolute atomic E-state index is 0.0471. The highest BCUT2D eigenvalue weighted by Crippen LogP contribution is 2.39. The van der Waals surface area contributed by atoms with Crippen LogP contribution in [0.4, 0.5) is 0 Å². The lowest BCUT2D eigenvalue weighted by atomic mass is 9.95. The van der Waals surface area contributed by atoms with Gasteiger partial charge in [-0.3, -0.25) is 4.79 Å². The number of ether oxygens (including phenoxy) is 4. The summed E-state index contributed by atoms with van der Waals surface area (Å²) >= 11 is 0. The van der Waals surface area contributed by atoms with Crippen molar-refractivity contribution in [3.63, 3.8) is 0 Å². The normalized spacial score (nSPS) is 13.7. The quantitative estimate of drug-likeness (QED) is 0.217. The Hall–Kier alpha value is -4.01. The van der Waals surface area contributed by atoms with Crippen molar-refractivity contribution in [2.45, 2.75) is 58.9 Å². The molecule has 0 bridgehead atoms. The zero-order valence-corrected chi connectivity index (χ0v) is 22.0. The van der Waals surface area contributed by atoms with Crippen molar-refractivity contribution >= 4 is 22.8 Å². The van der Waals surface area contributed by atoms with Crippen molar-refractivity contribution in [2.75, 3.05) is 19.8 Å². The van der Waals surface area contributed by atoms with Crippen molar-refractivity contribution in [3.05, 3.63) is 57.9 Å². The van der Waals surface area contributed by atoms with Gasteiger partial charge in [0.05, 0.1) is 25.4 Å². The molecule has 0 aliphatic heterocycles. The van der Waals surface area contributed by atoms with E-state index in [0.717, 1.165) is 32.1 Å². The van der Waals surface area contributed by atoms with Gasteiger partial charge >= 0.3 is 11.6 Å². The monoisotopic (exact) mass is 523 g/mol. The molecule has 1 aliphatic carbocycles. The SMILES string of the molecule is CCOc1cc(C(=O)Oc2ccc3cc(C(=O)NC4CCCCC4)c(=O)oc3c2)cc(OCC)c1OCC. The standard InChI is InChI=1S/C29H33NO8/c1-4-34-24-15-19(16-25(35-5-2)26(24)36-6-3)28(32)37-21-13-12-18-14-22(29(33)38-23(18)17-21)27(31)30-20-10-8-7-9-11-20/h12-17,20H,4-11H2,1-3H3,(H,30,31). The van der Waals surface area contributed by atoms with Crippen LogP contribution in [0.3, 0.4) is 0 Å². The van der Waals surface area contributed by atoms with Crippen LogP contribution in [-0.4, -0.2) is 37.7 Å². The Bertz CT molecular complexity index is 1330. The van der Waals surface area contributed by atoms with E-state index in [4.69, 9.17) is 23.4 Å². The van der Waals surface area contributed by atoms with E-state index in [1.54, 1.807) is 12.1 Å². The predicted molar refractivity (Wildman–Crippen MR) is 142 cm³/mol. The van der Waals surface area contributed by atoms with Gasteiger partial charge in [0.2, 0.25) is 5.75 Å². The predicted octanol–water partition coefficient (Wildman–Crippen LogP) is 5.27. The first kappa shape index (κ1) is 27.0. The largest absolute Gasteiger partial charge is 0.490 e. The number of benzene rings is 2. The minimum atomic E-state index is -0.747. The lowest BCUT2D eigenvalue weighted by Crippen LogP contribution is -2.38. The van der Waals surface area contributed by atoms with E-state index >= 15 is 0 Å². The van der Waals surface area contributed by atoms with Crippen molar-refractivity contribution in [2.24, 2.45) is 0 Å². The molecule has 0 atom stereocenters. The number of esters is 1. The first-order chi connectivity index (χ1) is 18.4. The minimum Gasteiger partial charge on any atom is -0.490 e. The van der Waals surface area contributed by atoms with E-state index in [0.29, 0.717) is 42.5 Å². The molecule has 1 saturated carbocycles. The molecule has 38 heavy (non-hydrogen) atoms. The molecular weight excluding hydrogens is 490 g/mol. The fourth-order valence-corrected chi connectivity index (χ4v) is 4.50. The molecule has 1 heterocycles. The van der Waals surface area contributed by atoms with E-state index < -0.39 is 17.5 Å². The molecule has 202 valence electrons. The fraction of sp³-hybridized carbons (Fsp3) is 0.414. The average molecular weight is 524 g/mol. The van der Waals surface area contributed by atoms with Gasteiger partial charge in [-0.25, -0.2) is 9.59 Å². The second-order valence-corrected chi connectivity index (χ2v) is 8.95. The van der Waals surface area contributed by atoms with Crippen molar-refractivity contribution in [1.29, 1.82) is 0 Å². The smallest absolute Gasteiger partial charge is 0.349 e. The van der Waals surface area contributed by atoms with Gasteiger partial charge in [-0.1, -0.05) is 19.3 Å². The first-order valence-electron chi connectivity index (χ1n) is 13.1. The third-order valence-electron chi connectivity index (χ3n) is 6.25. The van der Waals surface area contributed by atoms with Gasteiger partial charge in [0.1, 0.15) is 16.9 Å². The van der Waals surface area contributed by atoms with E-state index in [1.165, 1.54) is 24.3 Å². The Morgan fingerprint density at radius 3 is 2.18 bits per heavy atom. The Balaban J connectivity index is 1.56. The van der Waals surface area contributed by atoms with Crippen LogP contribution in [0.25, 0.3) is 11.0 Å². The maximum Gasteiger partial charge on any atom is 0.349 e. The third-order valence-corrected chi connectivity index (χ3v) is 6.25. The van der Waals surface area contributed by atoms with E-state index in [2.05, 4.69) is 5.32 Å². The van der Waals surface area contributed by atoms with Gasteiger partial charge < -0.3 is 28.7 Å². The molecule has 3 aromatic rings. The molecule has 1 amide bonds. The fourth-order valence-electron chi connectivity index (χ4n) is 4.50. The lowest BCUT2D eigenvalue weighted by molar-refractivity contribution is 0.0733. The molecule has 0 radical (unpaired) electrons. The topological polar surface area (TPSA) is 113 Å². The highest BCUT2D eigenvalue weighted by atomic mass is 16.5. The van der Waals surface area contributed by atoms with Crippen molar-refractivity contribution < 1.29 is 33.0 Å². The van der Waals surface area contributed by atoms with Crippen LogP contribution in [0.5, 0.6) is 23.0 Å². The van der Waals surface area contributed by atoms with Gasteiger partial charge in [-0.2, -0.15) is 0 Å². The Morgan fingerprint density at radius 1 is 0.895 bits per heavy atom. The van der Waals surface area contributed by atoms with Gasteiger partial charge in [0.25, 0.3) is 5.91 Å². The Kier molecular flexibility index (Phi) is 8.89. The van der Waals surface area contributed by atoms with Crippen LogP contribution in [0.15, 0.2) is 45.6 Å². The van der Waals surface area contributed by atoms with Crippen LogP contribution in [0, 0.1) is 0 Å². The number of rotatable bonds is 10. The molecule has 0 saturated heterocycles. The zero-order valence-electron chi connectivity index (χ0n) is 22.0. The molecule has 0 unspecified atom stereocenters. The Labute approximate surface area is 221 Å². The van der Waals surface area contributed by atoms with Gasteiger partial charge in [0.15, 0.2) is 11.5 Å². The van der Waals surface area contributed by atoms with Crippen LogP contribution in [0.2, 0.25) is 0 Å². The molecule has 0 spiro atoms. The molecule has 1 fully saturated rings. The third kappa shape index (κ3) is 6.27. The van der Waals surface area contributed by atoms with E-state index in [9.17, 15) is 14.4 Å². The Morgan fingerprint density at radius 2 is 1.55 bits per heavy atom. The zero-order chi connectivity index (χ0) is 27.1. The average Bonchev–Trinajstić information content (AvgIpc) is 2.90. The highest BCUT2D eigenvalue weighted by Gasteiger charge is 2.22. The molecule has 9 heteroatoms. The lowest BCUT2D eigenvalue weighted by Gasteiger charge is -2.22. The highest BCUT2D eigenvalue weighted by molar-refractivity contribution is 5.97. The maximum atomic E-state index is 13.0. The summed E-state index contributed by atoms with van der Waals surface area (Å²) in [7, 11) is 0. The number of hydrogen-bond donors (Lipinski definition) is 1. The number of nitrogens with one attached hydrogen (secondary N) is 1. The number of carbonyl (C=O) groups excluding carboxylic acids is 2. The van der Waals surface area contributed by atoms with Gasteiger partial charge in [-0.15, -0.1) is 0 Å².